The lowest BCUT2D eigenvalue weighted by Gasteiger charge is -2.10. The van der Waals surface area contributed by atoms with E-state index in [-0.39, 0.29) is 24.8 Å². The molecule has 0 saturated carbocycles. The molecule has 8 heteroatoms. The number of aromatic nitrogens is 1. The molecule has 86 valence electrons. The van der Waals surface area contributed by atoms with Gasteiger partial charge in [0.05, 0.1) is 15.3 Å². The molecular weight excluding hydrogens is 329 g/mol. The van der Waals surface area contributed by atoms with E-state index in [0.29, 0.717) is 0 Å². The molecule has 0 aliphatic rings. The average molecular weight is 332 g/mol. The minimum absolute atomic E-state index is 0.0515. The first-order valence-electron chi connectivity index (χ1n) is 3.92. The molecule has 0 saturated heterocycles. The van der Waals surface area contributed by atoms with Crippen LogP contribution in [0, 0.1) is 0 Å². The van der Waals surface area contributed by atoms with Gasteiger partial charge in [-0.25, -0.2) is 4.98 Å². The number of fused-ring (bicyclic) bond motifs is 1. The Morgan fingerprint density at radius 1 is 1.44 bits per heavy atom. The minimum Gasteiger partial charge on any atom is -0.375 e. The number of rotatable bonds is 0. The minimum atomic E-state index is -4.47. The molecule has 0 bridgehead atoms. The SMILES string of the molecule is Nc1nc2c(Cl)cc(Br)c(C(F)(F)F)c2s1. The van der Waals surface area contributed by atoms with Crippen molar-refractivity contribution in [2.45, 2.75) is 6.18 Å². The van der Waals surface area contributed by atoms with Crippen LogP contribution in [0.2, 0.25) is 5.02 Å². The number of hydrogen-bond donors (Lipinski definition) is 1. The van der Waals surface area contributed by atoms with Gasteiger partial charge in [-0.2, -0.15) is 13.2 Å². The molecule has 0 amide bonds. The lowest BCUT2D eigenvalue weighted by atomic mass is 10.2. The van der Waals surface area contributed by atoms with Gasteiger partial charge in [-0.3, -0.25) is 0 Å². The summed E-state index contributed by atoms with van der Waals surface area (Å²) in [7, 11) is 0. The fourth-order valence-electron chi connectivity index (χ4n) is 1.29. The third-order valence-electron chi connectivity index (χ3n) is 1.87. The molecule has 1 aromatic heterocycles. The van der Waals surface area contributed by atoms with Gasteiger partial charge in [0.25, 0.3) is 0 Å². The summed E-state index contributed by atoms with van der Waals surface area (Å²) >= 11 is 9.40. The van der Waals surface area contributed by atoms with E-state index >= 15 is 0 Å². The summed E-state index contributed by atoms with van der Waals surface area (Å²) in [5.41, 5.74) is 4.68. The van der Waals surface area contributed by atoms with E-state index in [1.165, 1.54) is 6.07 Å². The van der Waals surface area contributed by atoms with E-state index < -0.39 is 11.7 Å². The third-order valence-corrected chi connectivity index (χ3v) is 3.69. The van der Waals surface area contributed by atoms with Crippen molar-refractivity contribution in [3.63, 3.8) is 0 Å². The standard InChI is InChI=1S/C8H3BrClF3N2S/c9-2-1-3(10)5-6(16-7(14)15-5)4(2)8(11,12)13/h1H,(H2,14,15). The van der Waals surface area contributed by atoms with E-state index in [9.17, 15) is 13.2 Å². The van der Waals surface area contributed by atoms with Crippen molar-refractivity contribution in [1.29, 1.82) is 0 Å². The van der Waals surface area contributed by atoms with Crippen LogP contribution >= 0.6 is 38.9 Å². The first-order chi connectivity index (χ1) is 7.30. The molecule has 0 aliphatic carbocycles. The van der Waals surface area contributed by atoms with Crippen LogP contribution in [-0.2, 0) is 6.18 Å². The van der Waals surface area contributed by atoms with Crippen molar-refractivity contribution in [3.05, 3.63) is 21.1 Å². The average Bonchev–Trinajstić information content (AvgIpc) is 2.43. The van der Waals surface area contributed by atoms with Crippen LogP contribution in [0.4, 0.5) is 18.3 Å². The first kappa shape index (κ1) is 11.9. The highest BCUT2D eigenvalue weighted by Crippen LogP contribution is 2.44. The molecule has 0 aliphatic heterocycles. The zero-order chi connectivity index (χ0) is 12.1. The van der Waals surface area contributed by atoms with Gasteiger partial charge >= 0.3 is 6.18 Å². The van der Waals surface area contributed by atoms with Gasteiger partial charge in [0.15, 0.2) is 5.13 Å². The second-order valence-corrected chi connectivity index (χ2v) is 5.23. The fourth-order valence-corrected chi connectivity index (χ4v) is 3.44. The van der Waals surface area contributed by atoms with Crippen molar-refractivity contribution in [2.24, 2.45) is 0 Å². The Balaban J connectivity index is 2.92. The number of nitrogens with zero attached hydrogens (tertiary/aromatic N) is 1. The van der Waals surface area contributed by atoms with Crippen molar-refractivity contribution in [3.8, 4) is 0 Å². The van der Waals surface area contributed by atoms with E-state index in [1.54, 1.807) is 0 Å². The summed E-state index contributed by atoms with van der Waals surface area (Å²) in [5.74, 6) is 0. The summed E-state index contributed by atoms with van der Waals surface area (Å²) in [5, 5.41) is 0.198. The predicted octanol–water partition coefficient (Wildman–Crippen LogP) is 4.31. The Morgan fingerprint density at radius 2 is 2.06 bits per heavy atom. The van der Waals surface area contributed by atoms with Crippen LogP contribution < -0.4 is 5.73 Å². The summed E-state index contributed by atoms with van der Waals surface area (Å²) in [6.07, 6.45) is -4.47. The third kappa shape index (κ3) is 1.87. The highest BCUT2D eigenvalue weighted by Gasteiger charge is 2.36. The Hall–Kier alpha value is -0.530. The molecule has 1 aromatic carbocycles. The molecular formula is C8H3BrClF3N2S. The number of benzene rings is 1. The van der Waals surface area contributed by atoms with E-state index in [1.807, 2.05) is 0 Å². The Kier molecular flexibility index (Phi) is 2.80. The van der Waals surface area contributed by atoms with E-state index in [0.717, 1.165) is 11.3 Å². The van der Waals surface area contributed by atoms with E-state index in [4.69, 9.17) is 17.3 Å². The van der Waals surface area contributed by atoms with Crippen LogP contribution in [0.1, 0.15) is 5.56 Å². The quantitative estimate of drug-likeness (QED) is 0.781. The monoisotopic (exact) mass is 330 g/mol. The second kappa shape index (κ2) is 3.75. The van der Waals surface area contributed by atoms with Gasteiger partial charge in [-0.05, 0) is 6.07 Å². The zero-order valence-electron chi connectivity index (χ0n) is 7.40. The number of hydrogen-bond acceptors (Lipinski definition) is 3. The lowest BCUT2D eigenvalue weighted by molar-refractivity contribution is -0.136. The van der Waals surface area contributed by atoms with Crippen molar-refractivity contribution >= 4 is 54.2 Å². The number of alkyl halides is 3. The maximum absolute atomic E-state index is 12.8. The zero-order valence-corrected chi connectivity index (χ0v) is 10.6. The molecule has 2 N–H and O–H groups in total. The molecule has 0 radical (unpaired) electrons. The Bertz CT molecular complexity index is 566. The fraction of sp³-hybridized carbons (Fsp3) is 0.125. The number of halogens is 5. The smallest absolute Gasteiger partial charge is 0.375 e. The van der Waals surface area contributed by atoms with Gasteiger partial charge in [0.2, 0.25) is 0 Å². The number of nitrogens with two attached hydrogens (primary N) is 1. The topological polar surface area (TPSA) is 38.9 Å². The number of nitrogen functional groups attached to an aromatic ring is 1. The molecule has 0 spiro atoms. The molecule has 2 nitrogen and oxygen atoms in total. The summed E-state index contributed by atoms with van der Waals surface area (Å²) in [4.78, 5) is 3.77. The highest BCUT2D eigenvalue weighted by molar-refractivity contribution is 9.10. The molecule has 2 aromatic rings. The predicted molar refractivity (Wildman–Crippen MR) is 61.7 cm³/mol. The first-order valence-corrected chi connectivity index (χ1v) is 5.90. The Morgan fingerprint density at radius 3 is 2.62 bits per heavy atom. The molecule has 0 unspecified atom stereocenters. The lowest BCUT2D eigenvalue weighted by Crippen LogP contribution is -2.06. The molecule has 16 heavy (non-hydrogen) atoms. The van der Waals surface area contributed by atoms with E-state index in [2.05, 4.69) is 20.9 Å². The van der Waals surface area contributed by atoms with Crippen LogP contribution in [-0.4, -0.2) is 4.98 Å². The molecule has 0 atom stereocenters. The van der Waals surface area contributed by atoms with Gasteiger partial charge in [0.1, 0.15) is 5.52 Å². The number of thiazole rings is 1. The Labute approximate surface area is 105 Å². The molecule has 0 fully saturated rings. The summed E-state index contributed by atoms with van der Waals surface area (Å²) in [6, 6.07) is 1.17. The van der Waals surface area contributed by atoms with Crippen LogP contribution in [0.3, 0.4) is 0 Å². The van der Waals surface area contributed by atoms with Crippen molar-refractivity contribution in [1.82, 2.24) is 4.98 Å². The second-order valence-electron chi connectivity index (χ2n) is 2.94. The van der Waals surface area contributed by atoms with Gasteiger partial charge in [-0.1, -0.05) is 38.9 Å². The van der Waals surface area contributed by atoms with Crippen LogP contribution in [0.15, 0.2) is 10.5 Å². The normalized spacial score (nSPS) is 12.3. The van der Waals surface area contributed by atoms with Crippen molar-refractivity contribution in [2.75, 3.05) is 5.73 Å². The molecule has 2 rings (SSSR count). The van der Waals surface area contributed by atoms with Crippen LogP contribution in [0.25, 0.3) is 10.2 Å². The number of anilines is 1. The van der Waals surface area contributed by atoms with Crippen molar-refractivity contribution < 1.29 is 13.2 Å². The van der Waals surface area contributed by atoms with Gasteiger partial charge < -0.3 is 5.73 Å². The summed E-state index contributed by atoms with van der Waals surface area (Å²) in [6.45, 7) is 0. The summed E-state index contributed by atoms with van der Waals surface area (Å²) < 4.78 is 38.2. The maximum Gasteiger partial charge on any atom is 0.418 e. The highest BCUT2D eigenvalue weighted by atomic mass is 79.9. The molecule has 1 heterocycles. The van der Waals surface area contributed by atoms with Gasteiger partial charge in [-0.15, -0.1) is 0 Å². The van der Waals surface area contributed by atoms with Gasteiger partial charge in [0, 0.05) is 4.47 Å². The largest absolute Gasteiger partial charge is 0.418 e. The maximum atomic E-state index is 12.8. The van der Waals surface area contributed by atoms with Crippen LogP contribution in [0.5, 0.6) is 0 Å².